The van der Waals surface area contributed by atoms with Crippen LogP contribution in [0.2, 0.25) is 0 Å². The molecule has 0 saturated carbocycles. The first-order chi connectivity index (χ1) is 8.88. The Bertz CT molecular complexity index is 720. The number of nitrogens with one attached hydrogen (secondary N) is 1. The van der Waals surface area contributed by atoms with Crippen LogP contribution in [-0.4, -0.2) is 9.97 Å². The van der Waals surface area contributed by atoms with Crippen molar-refractivity contribution in [2.45, 2.75) is 6.42 Å². The minimum absolute atomic E-state index is 0.430. The van der Waals surface area contributed by atoms with Crippen LogP contribution >= 0.6 is 0 Å². The first kappa shape index (κ1) is 10.5. The van der Waals surface area contributed by atoms with Gasteiger partial charge in [-0.3, -0.25) is 4.98 Å². The third-order valence-corrected chi connectivity index (χ3v) is 3.05. The van der Waals surface area contributed by atoms with Crippen molar-refractivity contribution in [2.75, 3.05) is 0 Å². The van der Waals surface area contributed by atoms with Crippen molar-refractivity contribution in [2.24, 2.45) is 0 Å². The number of nitrogens with zero attached hydrogens (tertiary/aromatic N) is 2. The summed E-state index contributed by atoms with van der Waals surface area (Å²) in [6, 6.07) is 12.4. The van der Waals surface area contributed by atoms with E-state index in [0.717, 1.165) is 27.6 Å². The molecule has 0 saturated heterocycles. The van der Waals surface area contributed by atoms with Gasteiger partial charge in [-0.05, 0) is 41.0 Å². The molecule has 2 heterocycles. The lowest BCUT2D eigenvalue weighted by Crippen LogP contribution is -1.81. The maximum absolute atomic E-state index is 8.81. The van der Waals surface area contributed by atoms with E-state index in [1.807, 2.05) is 24.4 Å². The normalized spacial score (nSPS) is 10.4. The second-order valence-corrected chi connectivity index (χ2v) is 4.15. The number of H-pyrrole nitrogens is 1. The highest BCUT2D eigenvalue weighted by Gasteiger charge is 2.05. The predicted octanol–water partition coefficient (Wildman–Crippen LogP) is 3.30. The van der Waals surface area contributed by atoms with Crippen molar-refractivity contribution >= 4 is 10.9 Å². The quantitative estimate of drug-likeness (QED) is 0.738. The number of benzene rings is 1. The molecule has 1 aromatic carbocycles. The van der Waals surface area contributed by atoms with Gasteiger partial charge < -0.3 is 4.98 Å². The predicted molar refractivity (Wildman–Crippen MR) is 70.8 cm³/mol. The molecule has 0 atom stereocenters. The molecular formula is C15H11N3. The number of hydrogen-bond acceptors (Lipinski definition) is 2. The van der Waals surface area contributed by atoms with Gasteiger partial charge >= 0.3 is 0 Å². The molecule has 3 nitrogen and oxygen atoms in total. The topological polar surface area (TPSA) is 52.5 Å². The first-order valence-electron chi connectivity index (χ1n) is 5.76. The van der Waals surface area contributed by atoms with Crippen molar-refractivity contribution in [3.8, 4) is 17.2 Å². The summed E-state index contributed by atoms with van der Waals surface area (Å²) in [6.07, 6.45) is 5.91. The Morgan fingerprint density at radius 2 is 1.94 bits per heavy atom. The smallest absolute Gasteiger partial charge is 0.0670 e. The molecule has 18 heavy (non-hydrogen) atoms. The summed E-state index contributed by atoms with van der Waals surface area (Å²) in [5.41, 5.74) is 4.39. The number of aromatic amines is 1. The van der Waals surface area contributed by atoms with E-state index in [1.54, 1.807) is 12.4 Å². The fourth-order valence-electron chi connectivity index (χ4n) is 2.13. The van der Waals surface area contributed by atoms with Crippen LogP contribution in [0, 0.1) is 11.3 Å². The monoisotopic (exact) mass is 233 g/mol. The van der Waals surface area contributed by atoms with Crippen LogP contribution in [0.1, 0.15) is 5.56 Å². The maximum Gasteiger partial charge on any atom is 0.0670 e. The highest BCUT2D eigenvalue weighted by atomic mass is 14.7. The molecule has 0 amide bonds. The number of aromatic nitrogens is 2. The van der Waals surface area contributed by atoms with Gasteiger partial charge in [-0.2, -0.15) is 5.26 Å². The number of fused-ring (bicyclic) bond motifs is 1. The molecule has 0 radical (unpaired) electrons. The molecule has 0 fully saturated rings. The van der Waals surface area contributed by atoms with Crippen LogP contribution in [0.5, 0.6) is 0 Å². The van der Waals surface area contributed by atoms with E-state index in [9.17, 15) is 0 Å². The standard InChI is InChI=1S/C15H11N3/c16-6-3-13-10-18-15-2-1-12(9-14(13)15)11-4-7-17-8-5-11/h1-2,4-5,7-10,18H,3H2. The van der Waals surface area contributed by atoms with Crippen molar-refractivity contribution in [3.63, 3.8) is 0 Å². The van der Waals surface area contributed by atoms with Gasteiger partial charge in [0.25, 0.3) is 0 Å². The zero-order valence-electron chi connectivity index (χ0n) is 9.72. The molecule has 3 aromatic rings. The Labute approximate surface area is 105 Å². The van der Waals surface area contributed by atoms with Crippen molar-refractivity contribution in [3.05, 3.63) is 54.5 Å². The minimum Gasteiger partial charge on any atom is -0.361 e. The minimum atomic E-state index is 0.430. The van der Waals surface area contributed by atoms with Crippen LogP contribution in [0.15, 0.2) is 48.9 Å². The molecule has 0 spiro atoms. The molecule has 1 N–H and O–H groups in total. The van der Waals surface area contributed by atoms with Crippen LogP contribution < -0.4 is 0 Å². The molecule has 3 rings (SSSR count). The second kappa shape index (κ2) is 4.34. The second-order valence-electron chi connectivity index (χ2n) is 4.15. The molecule has 0 bridgehead atoms. The Kier molecular flexibility index (Phi) is 2.54. The summed E-state index contributed by atoms with van der Waals surface area (Å²) in [7, 11) is 0. The van der Waals surface area contributed by atoms with E-state index in [1.165, 1.54) is 0 Å². The largest absolute Gasteiger partial charge is 0.361 e. The van der Waals surface area contributed by atoms with Crippen LogP contribution in [0.4, 0.5) is 0 Å². The lowest BCUT2D eigenvalue weighted by molar-refractivity contribution is 1.28. The fourth-order valence-corrected chi connectivity index (χ4v) is 2.13. The summed E-state index contributed by atoms with van der Waals surface area (Å²) in [6.45, 7) is 0. The Balaban J connectivity index is 2.16. The molecular weight excluding hydrogens is 222 g/mol. The van der Waals surface area contributed by atoms with Crippen LogP contribution in [-0.2, 0) is 6.42 Å². The van der Waals surface area contributed by atoms with Crippen molar-refractivity contribution in [1.82, 2.24) is 9.97 Å². The summed E-state index contributed by atoms with van der Waals surface area (Å²) in [4.78, 5) is 7.21. The van der Waals surface area contributed by atoms with E-state index in [0.29, 0.717) is 6.42 Å². The molecule has 0 aliphatic rings. The number of hydrogen-bond donors (Lipinski definition) is 1. The Hall–Kier alpha value is -2.60. The molecule has 0 unspecified atom stereocenters. The Morgan fingerprint density at radius 3 is 2.72 bits per heavy atom. The van der Waals surface area contributed by atoms with Crippen molar-refractivity contribution < 1.29 is 0 Å². The third kappa shape index (κ3) is 1.74. The lowest BCUT2D eigenvalue weighted by atomic mass is 10.0. The maximum atomic E-state index is 8.81. The SMILES string of the molecule is N#CCc1c[nH]c2ccc(-c3ccncc3)cc12. The Morgan fingerprint density at radius 1 is 1.11 bits per heavy atom. The summed E-state index contributed by atoms with van der Waals surface area (Å²) in [5, 5.41) is 9.93. The number of nitriles is 1. The van der Waals surface area contributed by atoms with Crippen LogP contribution in [0.3, 0.4) is 0 Å². The summed E-state index contributed by atoms with van der Waals surface area (Å²) < 4.78 is 0. The third-order valence-electron chi connectivity index (χ3n) is 3.05. The average Bonchev–Trinajstić information content (AvgIpc) is 2.83. The highest BCUT2D eigenvalue weighted by molar-refractivity contribution is 5.88. The van der Waals surface area contributed by atoms with Crippen LogP contribution in [0.25, 0.3) is 22.0 Å². The van der Waals surface area contributed by atoms with E-state index in [-0.39, 0.29) is 0 Å². The zero-order chi connectivity index (χ0) is 12.4. The van der Waals surface area contributed by atoms with Gasteiger partial charge in [-0.1, -0.05) is 6.07 Å². The molecule has 86 valence electrons. The number of rotatable bonds is 2. The lowest BCUT2D eigenvalue weighted by Gasteiger charge is -2.02. The first-order valence-corrected chi connectivity index (χ1v) is 5.76. The zero-order valence-corrected chi connectivity index (χ0v) is 9.72. The van der Waals surface area contributed by atoms with Gasteiger partial charge in [-0.25, -0.2) is 0 Å². The van der Waals surface area contributed by atoms with E-state index in [2.05, 4.69) is 28.2 Å². The van der Waals surface area contributed by atoms with Gasteiger partial charge in [0.05, 0.1) is 12.5 Å². The molecule has 0 aliphatic carbocycles. The molecule has 0 aliphatic heterocycles. The highest BCUT2D eigenvalue weighted by Crippen LogP contribution is 2.26. The summed E-state index contributed by atoms with van der Waals surface area (Å²) >= 11 is 0. The van der Waals surface area contributed by atoms with Gasteiger partial charge in [-0.15, -0.1) is 0 Å². The van der Waals surface area contributed by atoms with Gasteiger partial charge in [0.1, 0.15) is 0 Å². The van der Waals surface area contributed by atoms with Gasteiger partial charge in [0.2, 0.25) is 0 Å². The average molecular weight is 233 g/mol. The fraction of sp³-hybridized carbons (Fsp3) is 0.0667. The molecule has 3 heteroatoms. The van der Waals surface area contributed by atoms with Gasteiger partial charge in [0, 0.05) is 29.5 Å². The van der Waals surface area contributed by atoms with E-state index >= 15 is 0 Å². The van der Waals surface area contributed by atoms with Gasteiger partial charge in [0.15, 0.2) is 0 Å². The van der Waals surface area contributed by atoms with Crippen molar-refractivity contribution in [1.29, 1.82) is 5.26 Å². The van der Waals surface area contributed by atoms with E-state index in [4.69, 9.17) is 5.26 Å². The summed E-state index contributed by atoms with van der Waals surface area (Å²) in [5.74, 6) is 0. The number of pyridine rings is 1. The molecule has 2 aromatic heterocycles. The van der Waals surface area contributed by atoms with E-state index < -0.39 is 0 Å².